The van der Waals surface area contributed by atoms with Crippen molar-refractivity contribution in [2.24, 2.45) is 5.92 Å². The number of fused-ring (bicyclic) bond motifs is 1. The van der Waals surface area contributed by atoms with Crippen LogP contribution in [0.4, 0.5) is 4.39 Å². The van der Waals surface area contributed by atoms with Gasteiger partial charge in [0.1, 0.15) is 5.82 Å². The number of hydrogen-bond donors (Lipinski definition) is 0. The number of halogens is 1. The topological polar surface area (TPSA) is 58.4 Å². The van der Waals surface area contributed by atoms with E-state index in [0.717, 1.165) is 12.8 Å². The fourth-order valence-electron chi connectivity index (χ4n) is 4.26. The Bertz CT molecular complexity index is 993. The molecule has 1 aromatic heterocycles. The molecule has 1 aromatic carbocycles. The zero-order chi connectivity index (χ0) is 20.5. The summed E-state index contributed by atoms with van der Waals surface area (Å²) in [4.78, 5) is 33.6. The van der Waals surface area contributed by atoms with Crippen LogP contribution in [0.3, 0.4) is 0 Å². The van der Waals surface area contributed by atoms with Gasteiger partial charge < -0.3 is 14.4 Å². The normalized spacial score (nSPS) is 21.4. The van der Waals surface area contributed by atoms with Crippen LogP contribution in [0.25, 0.3) is 0 Å². The Morgan fingerprint density at radius 2 is 2.07 bits per heavy atom. The molecule has 29 heavy (non-hydrogen) atoms. The maximum absolute atomic E-state index is 13.7. The fourth-order valence-corrected chi connectivity index (χ4v) is 4.26. The van der Waals surface area contributed by atoms with Gasteiger partial charge in [0.2, 0.25) is 5.91 Å². The van der Waals surface area contributed by atoms with Crippen molar-refractivity contribution in [3.8, 4) is 12.3 Å². The van der Waals surface area contributed by atoms with Crippen LogP contribution in [0.1, 0.15) is 35.0 Å². The molecule has 2 amide bonds. The van der Waals surface area contributed by atoms with Crippen LogP contribution in [-0.4, -0.2) is 56.8 Å². The molecule has 3 heterocycles. The third kappa shape index (κ3) is 3.75. The minimum atomic E-state index is -0.526. The van der Waals surface area contributed by atoms with Crippen molar-refractivity contribution in [2.45, 2.75) is 32.4 Å². The molecule has 2 aromatic rings. The molecule has 0 spiro atoms. The van der Waals surface area contributed by atoms with E-state index in [1.54, 1.807) is 11.2 Å². The van der Waals surface area contributed by atoms with Gasteiger partial charge in [0, 0.05) is 55.2 Å². The molecule has 2 atom stereocenters. The van der Waals surface area contributed by atoms with Crippen molar-refractivity contribution in [2.75, 3.05) is 19.6 Å². The van der Waals surface area contributed by atoms with E-state index < -0.39 is 5.82 Å². The molecule has 0 aliphatic carbocycles. The minimum absolute atomic E-state index is 0.0668. The number of nitrogens with zero attached hydrogens (tertiary/aromatic N) is 4. The number of terminal acetylenes is 1. The van der Waals surface area contributed by atoms with Crippen molar-refractivity contribution < 1.29 is 14.0 Å². The van der Waals surface area contributed by atoms with Crippen LogP contribution in [0.2, 0.25) is 0 Å². The van der Waals surface area contributed by atoms with E-state index >= 15 is 0 Å². The van der Waals surface area contributed by atoms with Gasteiger partial charge in [0.15, 0.2) is 0 Å². The fraction of sp³-hybridized carbons (Fsp3) is 0.409. The maximum Gasteiger partial charge on any atom is 0.254 e. The van der Waals surface area contributed by atoms with Gasteiger partial charge in [0.25, 0.3) is 5.91 Å². The summed E-state index contributed by atoms with van der Waals surface area (Å²) >= 11 is 0. The summed E-state index contributed by atoms with van der Waals surface area (Å²) in [5.74, 6) is 1.64. The van der Waals surface area contributed by atoms with Gasteiger partial charge in [-0.3, -0.25) is 9.59 Å². The van der Waals surface area contributed by atoms with Gasteiger partial charge in [-0.2, -0.15) is 0 Å². The SMILES string of the molecule is C#Cc1cc(F)cc(C(=O)N2CCN(C(=O)C3CCc4cncn4C3)[C@H](C)C2)c1. The average molecular weight is 394 g/mol. The highest BCUT2D eigenvalue weighted by molar-refractivity contribution is 5.95. The van der Waals surface area contributed by atoms with E-state index in [1.807, 2.05) is 22.6 Å². The molecule has 0 N–H and O–H groups in total. The lowest BCUT2D eigenvalue weighted by molar-refractivity contribution is -0.140. The van der Waals surface area contributed by atoms with Crippen LogP contribution < -0.4 is 0 Å². The van der Waals surface area contributed by atoms with Crippen LogP contribution in [0.15, 0.2) is 30.7 Å². The number of hydrogen-bond acceptors (Lipinski definition) is 3. The maximum atomic E-state index is 13.7. The van der Waals surface area contributed by atoms with Gasteiger partial charge in [-0.25, -0.2) is 9.37 Å². The van der Waals surface area contributed by atoms with Gasteiger partial charge in [0.05, 0.1) is 12.2 Å². The van der Waals surface area contributed by atoms with Gasteiger partial charge in [-0.15, -0.1) is 6.42 Å². The second kappa shape index (κ2) is 7.70. The quantitative estimate of drug-likeness (QED) is 0.732. The first-order valence-electron chi connectivity index (χ1n) is 9.82. The van der Waals surface area contributed by atoms with E-state index in [2.05, 4.69) is 10.9 Å². The number of imidazole rings is 1. The Labute approximate surface area is 169 Å². The van der Waals surface area contributed by atoms with Crippen molar-refractivity contribution >= 4 is 11.8 Å². The lowest BCUT2D eigenvalue weighted by Crippen LogP contribution is -2.57. The van der Waals surface area contributed by atoms with Crippen LogP contribution in [-0.2, 0) is 17.8 Å². The van der Waals surface area contributed by atoms with E-state index in [0.29, 0.717) is 31.7 Å². The van der Waals surface area contributed by atoms with Gasteiger partial charge >= 0.3 is 0 Å². The Hall–Kier alpha value is -3.14. The molecule has 150 valence electrons. The Morgan fingerprint density at radius 1 is 1.24 bits per heavy atom. The average Bonchev–Trinajstić information content (AvgIpc) is 3.20. The summed E-state index contributed by atoms with van der Waals surface area (Å²) in [7, 11) is 0. The lowest BCUT2D eigenvalue weighted by Gasteiger charge is -2.41. The summed E-state index contributed by atoms with van der Waals surface area (Å²) < 4.78 is 15.8. The van der Waals surface area contributed by atoms with Crippen molar-refractivity contribution in [3.05, 3.63) is 53.4 Å². The molecule has 4 rings (SSSR count). The van der Waals surface area contributed by atoms with E-state index in [9.17, 15) is 14.0 Å². The summed E-state index contributed by atoms with van der Waals surface area (Å²) in [5.41, 5.74) is 1.75. The first-order chi connectivity index (χ1) is 14.0. The standard InChI is InChI=1S/C22H23FN4O2/c1-3-16-8-18(10-19(23)9-16)21(28)25-6-7-27(15(2)12-25)22(29)17-4-5-20-11-24-14-26(20)13-17/h1,8-11,14-15,17H,4-7,12-13H2,2H3/t15-,17?/m1/s1. The van der Waals surface area contributed by atoms with E-state index in [-0.39, 0.29) is 29.3 Å². The third-order valence-electron chi connectivity index (χ3n) is 5.82. The number of aromatic nitrogens is 2. The second-order valence-electron chi connectivity index (χ2n) is 7.78. The number of carbonyl (C=O) groups is 2. The number of carbonyl (C=O) groups excluding carboxylic acids is 2. The Morgan fingerprint density at radius 3 is 2.83 bits per heavy atom. The Kier molecular flexibility index (Phi) is 5.10. The highest BCUT2D eigenvalue weighted by Gasteiger charge is 2.35. The number of piperazine rings is 1. The summed E-state index contributed by atoms with van der Waals surface area (Å²) in [6.45, 7) is 3.89. The molecule has 0 saturated carbocycles. The molecule has 2 aliphatic rings. The first kappa shape index (κ1) is 19.2. The zero-order valence-electron chi connectivity index (χ0n) is 16.3. The lowest BCUT2D eigenvalue weighted by atomic mass is 9.95. The molecule has 6 nitrogen and oxygen atoms in total. The molecule has 1 saturated heterocycles. The van der Waals surface area contributed by atoms with E-state index in [1.165, 1.54) is 23.9 Å². The van der Waals surface area contributed by atoms with Crippen molar-refractivity contribution in [1.29, 1.82) is 0 Å². The van der Waals surface area contributed by atoms with Crippen molar-refractivity contribution in [1.82, 2.24) is 19.4 Å². The summed E-state index contributed by atoms with van der Waals surface area (Å²) in [5, 5.41) is 0. The van der Waals surface area contributed by atoms with Crippen molar-refractivity contribution in [3.63, 3.8) is 0 Å². The molecule has 0 radical (unpaired) electrons. The predicted molar refractivity (Wildman–Crippen MR) is 105 cm³/mol. The smallest absolute Gasteiger partial charge is 0.254 e. The molecule has 1 unspecified atom stereocenters. The molecule has 0 bridgehead atoms. The zero-order valence-corrected chi connectivity index (χ0v) is 16.3. The Balaban J connectivity index is 1.42. The molecule has 7 heteroatoms. The molecule has 2 aliphatic heterocycles. The predicted octanol–water partition coefficient (Wildman–Crippen LogP) is 1.94. The second-order valence-corrected chi connectivity index (χ2v) is 7.78. The number of amides is 2. The van der Waals surface area contributed by atoms with Crippen LogP contribution in [0.5, 0.6) is 0 Å². The first-order valence-corrected chi connectivity index (χ1v) is 9.82. The summed E-state index contributed by atoms with van der Waals surface area (Å²) in [6.07, 6.45) is 10.6. The highest BCUT2D eigenvalue weighted by Crippen LogP contribution is 2.24. The molecular weight excluding hydrogens is 371 g/mol. The van der Waals surface area contributed by atoms with Crippen LogP contribution >= 0.6 is 0 Å². The third-order valence-corrected chi connectivity index (χ3v) is 5.82. The number of aryl methyl sites for hydroxylation is 1. The van der Waals surface area contributed by atoms with Crippen LogP contribution in [0, 0.1) is 24.1 Å². The largest absolute Gasteiger partial charge is 0.336 e. The minimum Gasteiger partial charge on any atom is -0.336 e. The molecule has 1 fully saturated rings. The van der Waals surface area contributed by atoms with E-state index in [4.69, 9.17) is 6.42 Å². The number of benzene rings is 1. The van der Waals surface area contributed by atoms with Gasteiger partial charge in [-0.1, -0.05) is 5.92 Å². The monoisotopic (exact) mass is 394 g/mol. The molecular formula is C22H23FN4O2. The highest BCUT2D eigenvalue weighted by atomic mass is 19.1. The number of rotatable bonds is 2. The summed E-state index contributed by atoms with van der Waals surface area (Å²) in [6, 6.07) is 3.85. The van der Waals surface area contributed by atoms with Gasteiger partial charge in [-0.05, 0) is 38.0 Å².